The van der Waals surface area contributed by atoms with Crippen LogP contribution in [0.1, 0.15) is 23.2 Å². The van der Waals surface area contributed by atoms with Crippen molar-refractivity contribution in [2.75, 3.05) is 32.8 Å². The molecule has 0 bridgehead atoms. The third-order valence-corrected chi connectivity index (χ3v) is 6.86. The van der Waals surface area contributed by atoms with Crippen LogP contribution in [-0.2, 0) is 4.79 Å². The van der Waals surface area contributed by atoms with Gasteiger partial charge in [0.25, 0.3) is 11.8 Å². The summed E-state index contributed by atoms with van der Waals surface area (Å²) in [6, 6.07) is 9.17. The maximum Gasteiger partial charge on any atom is 0.260 e. The van der Waals surface area contributed by atoms with Gasteiger partial charge in [-0.3, -0.25) is 9.59 Å². The van der Waals surface area contributed by atoms with E-state index in [1.54, 1.807) is 23.1 Å². The molecular weight excluding hydrogens is 449 g/mol. The lowest BCUT2D eigenvalue weighted by Gasteiger charge is -2.22. The predicted octanol–water partition coefficient (Wildman–Crippen LogP) is 3.14. The molecule has 0 aliphatic carbocycles. The SMILES string of the molecule is O=C(COc1ccc(F)cc1Cl)N1CCC2CN(C(=O)c3ccc4n[nH]nc4c3)CC2CC1. The Morgan fingerprint density at radius 2 is 1.76 bits per heavy atom. The van der Waals surface area contributed by atoms with Gasteiger partial charge in [-0.1, -0.05) is 11.6 Å². The van der Waals surface area contributed by atoms with E-state index in [0.717, 1.165) is 24.4 Å². The fourth-order valence-corrected chi connectivity index (χ4v) is 4.96. The molecule has 0 spiro atoms. The summed E-state index contributed by atoms with van der Waals surface area (Å²) in [5.74, 6) is 0.430. The summed E-state index contributed by atoms with van der Waals surface area (Å²) in [7, 11) is 0. The Kier molecular flexibility index (Phi) is 5.88. The summed E-state index contributed by atoms with van der Waals surface area (Å²) in [6.07, 6.45) is 1.67. The molecule has 3 aromatic rings. The number of nitrogens with zero attached hydrogens (tertiary/aromatic N) is 4. The molecule has 1 N–H and O–H groups in total. The van der Waals surface area contributed by atoms with Gasteiger partial charge in [0.05, 0.1) is 5.02 Å². The number of H-pyrrole nitrogens is 1. The van der Waals surface area contributed by atoms with Gasteiger partial charge >= 0.3 is 0 Å². The van der Waals surface area contributed by atoms with Crippen molar-refractivity contribution in [2.24, 2.45) is 11.8 Å². The number of nitrogens with one attached hydrogen (secondary N) is 1. The second-order valence-electron chi connectivity index (χ2n) is 8.58. The number of halogens is 2. The van der Waals surface area contributed by atoms with E-state index in [4.69, 9.17) is 16.3 Å². The van der Waals surface area contributed by atoms with Crippen LogP contribution in [0.15, 0.2) is 36.4 Å². The van der Waals surface area contributed by atoms with Crippen molar-refractivity contribution in [3.8, 4) is 5.75 Å². The molecule has 2 aliphatic rings. The Bertz CT molecular complexity index is 1190. The van der Waals surface area contributed by atoms with Gasteiger partial charge in [-0.25, -0.2) is 4.39 Å². The van der Waals surface area contributed by atoms with E-state index in [1.165, 1.54) is 12.1 Å². The normalized spacial score (nSPS) is 20.5. The molecule has 2 saturated heterocycles. The van der Waals surface area contributed by atoms with Gasteiger partial charge in [0, 0.05) is 31.7 Å². The minimum atomic E-state index is -0.455. The van der Waals surface area contributed by atoms with Crippen LogP contribution in [-0.4, -0.2) is 69.8 Å². The van der Waals surface area contributed by atoms with E-state index in [9.17, 15) is 14.0 Å². The molecule has 8 nitrogen and oxygen atoms in total. The quantitative estimate of drug-likeness (QED) is 0.631. The van der Waals surface area contributed by atoms with Crippen LogP contribution in [0.5, 0.6) is 5.75 Å². The Morgan fingerprint density at radius 1 is 1.03 bits per heavy atom. The molecule has 10 heteroatoms. The lowest BCUT2D eigenvalue weighted by atomic mass is 9.92. The number of fused-ring (bicyclic) bond motifs is 2. The smallest absolute Gasteiger partial charge is 0.260 e. The highest BCUT2D eigenvalue weighted by Crippen LogP contribution is 2.33. The predicted molar refractivity (Wildman–Crippen MR) is 119 cm³/mol. The van der Waals surface area contributed by atoms with Crippen molar-refractivity contribution in [2.45, 2.75) is 12.8 Å². The van der Waals surface area contributed by atoms with Gasteiger partial charge < -0.3 is 14.5 Å². The van der Waals surface area contributed by atoms with Gasteiger partial charge in [0.15, 0.2) is 6.61 Å². The topological polar surface area (TPSA) is 91.4 Å². The molecule has 3 heterocycles. The third kappa shape index (κ3) is 4.50. The van der Waals surface area contributed by atoms with Crippen molar-refractivity contribution in [1.82, 2.24) is 25.2 Å². The molecular formula is C23H23ClFN5O3. The molecule has 1 aromatic heterocycles. The van der Waals surface area contributed by atoms with Crippen molar-refractivity contribution in [3.63, 3.8) is 0 Å². The van der Waals surface area contributed by atoms with Crippen LogP contribution >= 0.6 is 11.6 Å². The van der Waals surface area contributed by atoms with Gasteiger partial charge in [-0.2, -0.15) is 15.4 Å². The van der Waals surface area contributed by atoms with Crippen LogP contribution in [0.2, 0.25) is 5.02 Å². The van der Waals surface area contributed by atoms with Gasteiger partial charge in [-0.15, -0.1) is 0 Å². The van der Waals surface area contributed by atoms with Crippen molar-refractivity contribution in [3.05, 3.63) is 52.8 Å². The zero-order valence-corrected chi connectivity index (χ0v) is 18.6. The second-order valence-corrected chi connectivity index (χ2v) is 8.99. The summed E-state index contributed by atoms with van der Waals surface area (Å²) in [5.41, 5.74) is 2.02. The van der Waals surface area contributed by atoms with Crippen molar-refractivity contribution >= 4 is 34.4 Å². The summed E-state index contributed by atoms with van der Waals surface area (Å²) in [4.78, 5) is 29.4. The molecule has 2 aliphatic heterocycles. The molecule has 2 aromatic carbocycles. The number of benzene rings is 2. The van der Waals surface area contributed by atoms with Crippen LogP contribution < -0.4 is 4.74 Å². The largest absolute Gasteiger partial charge is 0.482 e. The number of likely N-dealkylation sites (tertiary alicyclic amines) is 2. The van der Waals surface area contributed by atoms with Crippen molar-refractivity contribution in [1.29, 1.82) is 0 Å². The molecule has 2 amide bonds. The molecule has 33 heavy (non-hydrogen) atoms. The Balaban J connectivity index is 1.16. The third-order valence-electron chi connectivity index (χ3n) is 6.56. The molecule has 2 atom stereocenters. The highest BCUT2D eigenvalue weighted by atomic mass is 35.5. The summed E-state index contributed by atoms with van der Waals surface area (Å²) in [5, 5.41) is 10.8. The number of carbonyl (C=O) groups excluding carboxylic acids is 2. The number of carbonyl (C=O) groups is 2. The number of ether oxygens (including phenoxy) is 1. The summed E-state index contributed by atoms with van der Waals surface area (Å²) < 4.78 is 18.7. The van der Waals surface area contributed by atoms with Crippen LogP contribution in [0.3, 0.4) is 0 Å². The minimum absolute atomic E-state index is 0.00508. The second kappa shape index (κ2) is 8.97. The fourth-order valence-electron chi connectivity index (χ4n) is 4.74. The number of amides is 2. The highest BCUT2D eigenvalue weighted by molar-refractivity contribution is 6.32. The highest BCUT2D eigenvalue weighted by Gasteiger charge is 2.37. The number of aromatic nitrogens is 3. The van der Waals surface area contributed by atoms with Gasteiger partial charge in [0.2, 0.25) is 0 Å². The molecule has 0 radical (unpaired) electrons. The number of aromatic amines is 1. The van der Waals surface area contributed by atoms with Crippen LogP contribution in [0.25, 0.3) is 11.0 Å². The van der Waals surface area contributed by atoms with Crippen LogP contribution in [0, 0.1) is 17.7 Å². The van der Waals surface area contributed by atoms with E-state index in [1.807, 2.05) is 4.90 Å². The fraction of sp³-hybridized carbons (Fsp3) is 0.391. The van der Waals surface area contributed by atoms with E-state index >= 15 is 0 Å². The first kappa shape index (κ1) is 21.6. The first-order chi connectivity index (χ1) is 16.0. The standard InChI is InChI=1S/C23H23ClFN5O3/c24-18-10-17(25)2-4-21(18)33-13-22(31)29-7-5-15-11-30(12-16(15)6-8-29)23(32)14-1-3-19-20(9-14)27-28-26-19/h1-4,9-10,15-16H,5-8,11-13H2,(H,26,27,28). The number of hydrogen-bond acceptors (Lipinski definition) is 5. The average Bonchev–Trinajstić information content (AvgIpc) is 3.39. The molecule has 0 saturated carbocycles. The average molecular weight is 472 g/mol. The van der Waals surface area contributed by atoms with E-state index in [2.05, 4.69) is 15.4 Å². The monoisotopic (exact) mass is 471 g/mol. The lowest BCUT2D eigenvalue weighted by molar-refractivity contribution is -0.133. The maximum atomic E-state index is 13.2. The molecule has 2 fully saturated rings. The first-order valence-electron chi connectivity index (χ1n) is 10.9. The molecule has 2 unspecified atom stereocenters. The summed E-state index contributed by atoms with van der Waals surface area (Å²) in [6.45, 7) is 2.46. The maximum absolute atomic E-state index is 13.2. The number of rotatable bonds is 4. The Morgan fingerprint density at radius 3 is 2.48 bits per heavy atom. The molecule has 5 rings (SSSR count). The summed E-state index contributed by atoms with van der Waals surface area (Å²) >= 11 is 5.97. The Labute approximate surface area is 194 Å². The van der Waals surface area contributed by atoms with E-state index in [-0.39, 0.29) is 29.2 Å². The van der Waals surface area contributed by atoms with Gasteiger partial charge in [-0.05, 0) is 61.1 Å². The Hall–Kier alpha value is -3.20. The zero-order valence-electron chi connectivity index (χ0n) is 17.8. The lowest BCUT2D eigenvalue weighted by Crippen LogP contribution is -2.37. The van der Waals surface area contributed by atoms with E-state index in [0.29, 0.717) is 49.1 Å². The first-order valence-corrected chi connectivity index (χ1v) is 11.3. The minimum Gasteiger partial charge on any atom is -0.482 e. The van der Waals surface area contributed by atoms with Crippen molar-refractivity contribution < 1.29 is 18.7 Å². The van der Waals surface area contributed by atoms with Gasteiger partial charge in [0.1, 0.15) is 22.6 Å². The van der Waals surface area contributed by atoms with Crippen LogP contribution in [0.4, 0.5) is 4.39 Å². The van der Waals surface area contributed by atoms with E-state index < -0.39 is 5.82 Å². The molecule has 172 valence electrons. The zero-order chi connectivity index (χ0) is 22.9. The number of hydrogen-bond donors (Lipinski definition) is 1.